The number of aliphatic hydroxyl groups is 1. The predicted molar refractivity (Wildman–Crippen MR) is 194 cm³/mol. The lowest BCUT2D eigenvalue weighted by atomic mass is 9.73. The summed E-state index contributed by atoms with van der Waals surface area (Å²) >= 11 is 0. The van der Waals surface area contributed by atoms with Crippen molar-refractivity contribution in [2.24, 2.45) is 5.92 Å². The molecule has 1 N–H and O–H groups in total. The van der Waals surface area contributed by atoms with Crippen LogP contribution in [-0.4, -0.2) is 43.9 Å². The minimum absolute atomic E-state index is 0. The number of halogens is 2. The van der Waals surface area contributed by atoms with Crippen molar-refractivity contribution in [2.75, 3.05) is 33.9 Å². The van der Waals surface area contributed by atoms with Gasteiger partial charge in [-0.1, -0.05) is 109 Å². The van der Waals surface area contributed by atoms with Gasteiger partial charge in [-0.05, 0) is 93.0 Å². The minimum Gasteiger partial charge on any atom is -0.493 e. The number of benzene rings is 2. The van der Waals surface area contributed by atoms with Gasteiger partial charge in [0.05, 0.1) is 31.8 Å². The fraction of sp³-hybridized carbons (Fsp3) is 0.675. The maximum absolute atomic E-state index is 13.3. The summed E-state index contributed by atoms with van der Waals surface area (Å²) in [5.41, 5.74) is 1.30. The van der Waals surface area contributed by atoms with Crippen LogP contribution in [0.2, 0.25) is 0 Å². The molecule has 1 fully saturated rings. The van der Waals surface area contributed by atoms with Crippen LogP contribution in [0, 0.1) is 23.1 Å². The molecule has 0 aromatic heterocycles. The molecule has 47 heavy (non-hydrogen) atoms. The smallest absolute Gasteiger partial charge is 0.161 e. The number of unbranched alkanes of at least 4 members (excludes halogenated alkanes) is 12. The second-order valence-electron chi connectivity index (χ2n) is 13.5. The number of aliphatic hydroxyl groups excluding tert-OH is 1. The Labute approximate surface area is 291 Å². The van der Waals surface area contributed by atoms with Gasteiger partial charge < -0.3 is 19.5 Å². The zero-order valence-corrected chi connectivity index (χ0v) is 30.3. The van der Waals surface area contributed by atoms with Crippen molar-refractivity contribution in [1.82, 2.24) is 4.90 Å². The molecule has 0 saturated carbocycles. The highest BCUT2D eigenvalue weighted by Crippen LogP contribution is 2.40. The quantitative estimate of drug-likeness (QED) is 0.119. The van der Waals surface area contributed by atoms with E-state index in [-0.39, 0.29) is 24.1 Å². The van der Waals surface area contributed by atoms with E-state index in [1.165, 1.54) is 82.8 Å². The number of nitrogens with zero attached hydrogens (tertiary/aromatic N) is 2. The molecule has 0 amide bonds. The van der Waals surface area contributed by atoms with Gasteiger partial charge in [0.2, 0.25) is 0 Å². The van der Waals surface area contributed by atoms with Gasteiger partial charge in [0, 0.05) is 0 Å². The number of piperidine rings is 1. The van der Waals surface area contributed by atoms with Crippen LogP contribution in [0.15, 0.2) is 42.5 Å². The minimum atomic E-state index is -0.541. The normalized spacial score (nSPS) is 15.7. The fourth-order valence-corrected chi connectivity index (χ4v) is 7.18. The first-order chi connectivity index (χ1) is 22.5. The van der Waals surface area contributed by atoms with Gasteiger partial charge in [-0.25, -0.2) is 4.39 Å². The van der Waals surface area contributed by atoms with E-state index in [1.54, 1.807) is 26.4 Å². The third-order valence-corrected chi connectivity index (χ3v) is 10.2. The van der Waals surface area contributed by atoms with E-state index in [1.807, 2.05) is 12.1 Å². The Hall–Kier alpha value is -2.33. The summed E-state index contributed by atoms with van der Waals surface area (Å²) in [6.07, 6.45) is 20.7. The first-order valence-corrected chi connectivity index (χ1v) is 18.3. The molecule has 264 valence electrons. The molecule has 7 heteroatoms. The summed E-state index contributed by atoms with van der Waals surface area (Å²) in [5, 5.41) is 21.5. The Kier molecular flexibility index (Phi) is 20.1. The van der Waals surface area contributed by atoms with Crippen molar-refractivity contribution >= 4 is 12.4 Å². The van der Waals surface area contributed by atoms with E-state index in [0.29, 0.717) is 11.5 Å². The van der Waals surface area contributed by atoms with Crippen molar-refractivity contribution in [1.29, 1.82) is 5.26 Å². The lowest BCUT2D eigenvalue weighted by molar-refractivity contribution is 0.0583. The molecule has 2 aromatic carbocycles. The van der Waals surface area contributed by atoms with Crippen LogP contribution in [0.4, 0.5) is 4.39 Å². The molecule has 0 bridgehead atoms. The van der Waals surface area contributed by atoms with Crippen molar-refractivity contribution in [3.63, 3.8) is 0 Å². The summed E-state index contributed by atoms with van der Waals surface area (Å²) in [7, 11) is 3.30. The van der Waals surface area contributed by atoms with E-state index in [4.69, 9.17) is 9.47 Å². The second-order valence-corrected chi connectivity index (χ2v) is 13.5. The predicted octanol–water partition coefficient (Wildman–Crippen LogP) is 10.7. The molecule has 1 aliphatic heterocycles. The van der Waals surface area contributed by atoms with Gasteiger partial charge in [0.1, 0.15) is 5.82 Å². The molecule has 2 aromatic rings. The standard InChI is InChI=1S/C40H61FN2O3.ClH/c1-4-5-6-7-8-9-10-11-12-13-14-15-26-40(32-42,35-20-23-37(45-2)38(31-35)46-3)27-16-17-28-43-29-24-34(25-30-43)39(44)33-18-21-36(41)22-19-33;/h18-23,31,34,39,44H,4-17,24-30H2,1-3H3;1H. The molecule has 3 rings (SSSR count). The van der Waals surface area contributed by atoms with E-state index < -0.39 is 11.5 Å². The van der Waals surface area contributed by atoms with E-state index >= 15 is 0 Å². The number of hydrogen-bond donors (Lipinski definition) is 1. The number of likely N-dealkylation sites (tertiary alicyclic amines) is 1. The lowest BCUT2D eigenvalue weighted by Gasteiger charge is -2.34. The molecule has 5 nitrogen and oxygen atoms in total. The van der Waals surface area contributed by atoms with E-state index in [2.05, 4.69) is 24.0 Å². The average Bonchev–Trinajstić information content (AvgIpc) is 3.09. The van der Waals surface area contributed by atoms with Crippen LogP contribution in [0.3, 0.4) is 0 Å². The van der Waals surface area contributed by atoms with Crippen LogP contribution in [0.1, 0.15) is 140 Å². The van der Waals surface area contributed by atoms with Crippen LogP contribution < -0.4 is 9.47 Å². The summed E-state index contributed by atoms with van der Waals surface area (Å²) < 4.78 is 24.4. The third-order valence-electron chi connectivity index (χ3n) is 10.2. The van der Waals surface area contributed by atoms with Crippen molar-refractivity contribution < 1.29 is 19.0 Å². The molecule has 1 aliphatic rings. The summed E-state index contributed by atoms with van der Waals surface area (Å²) in [6, 6.07) is 15.0. The SMILES string of the molecule is CCCCCCCCCCCCCCC(C#N)(CCCCN1CCC(C(O)c2ccc(F)cc2)CC1)c1ccc(OC)c(OC)c1.Cl. The van der Waals surface area contributed by atoms with Gasteiger partial charge in [-0.15, -0.1) is 12.4 Å². The number of nitriles is 1. The molecular formula is C40H62ClFN2O3. The van der Waals surface area contributed by atoms with Gasteiger partial charge in [0.15, 0.2) is 11.5 Å². The first-order valence-electron chi connectivity index (χ1n) is 18.3. The van der Waals surface area contributed by atoms with Crippen LogP contribution >= 0.6 is 12.4 Å². The van der Waals surface area contributed by atoms with Crippen LogP contribution in [0.5, 0.6) is 11.5 Å². The summed E-state index contributed by atoms with van der Waals surface area (Å²) in [5.74, 6) is 1.30. The van der Waals surface area contributed by atoms with Gasteiger partial charge in [-0.3, -0.25) is 0 Å². The van der Waals surface area contributed by atoms with Gasteiger partial charge in [-0.2, -0.15) is 5.26 Å². The highest BCUT2D eigenvalue weighted by atomic mass is 35.5. The molecule has 2 unspecified atom stereocenters. The summed E-state index contributed by atoms with van der Waals surface area (Å²) in [6.45, 7) is 5.20. The molecule has 1 heterocycles. The molecule has 0 radical (unpaired) electrons. The van der Waals surface area contributed by atoms with Gasteiger partial charge >= 0.3 is 0 Å². The Balaban J connectivity index is 0.00000768. The van der Waals surface area contributed by atoms with Crippen molar-refractivity contribution in [3.05, 3.63) is 59.4 Å². The van der Waals surface area contributed by atoms with Crippen molar-refractivity contribution in [3.8, 4) is 17.6 Å². The Morgan fingerprint density at radius 2 is 1.34 bits per heavy atom. The van der Waals surface area contributed by atoms with Gasteiger partial charge in [0.25, 0.3) is 0 Å². The lowest BCUT2D eigenvalue weighted by Crippen LogP contribution is -2.36. The van der Waals surface area contributed by atoms with E-state index in [9.17, 15) is 14.8 Å². The second kappa shape index (κ2) is 23.1. The maximum Gasteiger partial charge on any atom is 0.161 e. The topological polar surface area (TPSA) is 65.7 Å². The zero-order chi connectivity index (χ0) is 33.0. The average molecular weight is 673 g/mol. The Bertz CT molecular complexity index is 1150. The molecule has 1 saturated heterocycles. The number of rotatable bonds is 23. The Morgan fingerprint density at radius 1 is 0.809 bits per heavy atom. The van der Waals surface area contributed by atoms with Crippen molar-refractivity contribution in [2.45, 2.75) is 134 Å². The number of ether oxygens (including phenoxy) is 2. The van der Waals surface area contributed by atoms with Crippen LogP contribution in [-0.2, 0) is 5.41 Å². The number of methoxy groups -OCH3 is 2. The molecular weight excluding hydrogens is 611 g/mol. The largest absolute Gasteiger partial charge is 0.493 e. The monoisotopic (exact) mass is 672 g/mol. The number of hydrogen-bond acceptors (Lipinski definition) is 5. The zero-order valence-electron chi connectivity index (χ0n) is 29.5. The highest BCUT2D eigenvalue weighted by molar-refractivity contribution is 5.85. The van der Waals surface area contributed by atoms with Crippen LogP contribution in [0.25, 0.3) is 0 Å². The highest BCUT2D eigenvalue weighted by Gasteiger charge is 2.33. The van der Waals surface area contributed by atoms with E-state index in [0.717, 1.165) is 75.7 Å². The molecule has 0 aliphatic carbocycles. The molecule has 2 atom stereocenters. The summed E-state index contributed by atoms with van der Waals surface area (Å²) in [4.78, 5) is 2.49. The first kappa shape index (κ1) is 40.8. The Morgan fingerprint density at radius 3 is 1.87 bits per heavy atom. The third kappa shape index (κ3) is 13.6. The molecule has 0 spiro atoms. The maximum atomic E-state index is 13.3. The fourth-order valence-electron chi connectivity index (χ4n) is 7.18.